The molecule has 7 rings (SSSR count). The van der Waals surface area contributed by atoms with E-state index >= 15 is 0 Å². The van der Waals surface area contributed by atoms with Gasteiger partial charge in [-0.3, -0.25) is 10.2 Å². The van der Waals surface area contributed by atoms with Gasteiger partial charge in [-0.2, -0.15) is 0 Å². The molecule has 2 aliphatic carbocycles. The molecule has 2 aliphatic heterocycles. The molecule has 3 aromatic carbocycles. The number of hydrogen-bond donors (Lipinski definition) is 3. The summed E-state index contributed by atoms with van der Waals surface area (Å²) in [4.78, 5) is 35.3. The summed E-state index contributed by atoms with van der Waals surface area (Å²) in [5.41, 5.74) is 3.31. The third-order valence-electron chi connectivity index (χ3n) is 12.4. The zero-order valence-electron chi connectivity index (χ0n) is 37.0. The molecule has 0 saturated heterocycles. The van der Waals surface area contributed by atoms with Crippen molar-refractivity contribution in [1.82, 2.24) is 4.90 Å². The highest BCUT2D eigenvalue weighted by atomic mass is 35.5. The number of fused-ring (bicyclic) bond motifs is 3. The minimum absolute atomic E-state index is 0.0213. The van der Waals surface area contributed by atoms with E-state index < -0.39 is 29.9 Å². The van der Waals surface area contributed by atoms with Crippen LogP contribution in [-0.4, -0.2) is 105 Å². The third-order valence-corrected chi connectivity index (χ3v) is 12.6. The van der Waals surface area contributed by atoms with E-state index in [2.05, 4.69) is 23.1 Å². The second kappa shape index (κ2) is 22.0. The van der Waals surface area contributed by atoms with Gasteiger partial charge in [-0.05, 0) is 91.1 Å². The highest BCUT2D eigenvalue weighted by molar-refractivity contribution is 6.18. The van der Waals surface area contributed by atoms with Crippen molar-refractivity contribution in [2.75, 3.05) is 65.7 Å². The average molecular weight is 920 g/mol. The van der Waals surface area contributed by atoms with Crippen LogP contribution in [0.25, 0.3) is 0 Å². The van der Waals surface area contributed by atoms with Crippen LogP contribution in [0.1, 0.15) is 62.0 Å². The molecule has 3 N–H and O–H groups in total. The van der Waals surface area contributed by atoms with E-state index in [0.29, 0.717) is 65.8 Å². The maximum Gasteiger partial charge on any atom is 0.417 e. The number of alkyl halides is 1. The predicted octanol–water partition coefficient (Wildman–Crippen LogP) is 8.18. The lowest BCUT2D eigenvalue weighted by molar-refractivity contribution is -0.256. The largest absolute Gasteiger partial charge is 0.497 e. The number of nitrogens with one attached hydrogen (secondary N) is 1. The Bertz CT molecular complexity index is 2220. The number of benzene rings is 3. The van der Waals surface area contributed by atoms with E-state index in [9.17, 15) is 19.8 Å². The Morgan fingerprint density at radius 1 is 0.954 bits per heavy atom. The Kier molecular flexibility index (Phi) is 16.0. The molecular formula is C48H58ClN3O13. The van der Waals surface area contributed by atoms with Crippen LogP contribution in [0.4, 0.5) is 15.3 Å². The Labute approximate surface area is 383 Å². The Morgan fingerprint density at radius 2 is 1.72 bits per heavy atom. The number of unbranched alkanes of at least 4 members (excludes halogenated alkanes) is 2. The molecule has 1 fully saturated rings. The van der Waals surface area contributed by atoms with E-state index in [1.54, 1.807) is 47.4 Å². The van der Waals surface area contributed by atoms with Crippen molar-refractivity contribution < 1.29 is 62.5 Å². The van der Waals surface area contributed by atoms with Gasteiger partial charge in [0.25, 0.3) is 0 Å². The summed E-state index contributed by atoms with van der Waals surface area (Å²) in [6, 6.07) is 14.9. The number of allylic oxidation sites excluding steroid dienone is 1. The van der Waals surface area contributed by atoms with E-state index in [4.69, 9.17) is 54.3 Å². The predicted molar refractivity (Wildman–Crippen MR) is 241 cm³/mol. The topological polar surface area (TPSA) is 185 Å². The number of hydrogen-bond acceptors (Lipinski definition) is 14. The molecule has 0 radical (unpaired) electrons. The first-order valence-corrected chi connectivity index (χ1v) is 22.5. The number of aliphatic hydroxyl groups is 2. The summed E-state index contributed by atoms with van der Waals surface area (Å²) in [6.07, 6.45) is 6.76. The van der Waals surface area contributed by atoms with Gasteiger partial charge in [-0.15, -0.1) is 18.2 Å². The fourth-order valence-corrected chi connectivity index (χ4v) is 9.79. The van der Waals surface area contributed by atoms with Crippen LogP contribution in [0.3, 0.4) is 0 Å². The van der Waals surface area contributed by atoms with Gasteiger partial charge in [0.2, 0.25) is 12.6 Å². The SMILES string of the molecule is C=CCO[C@@]12Oc3ccc(OC(=O)Nc4ccc(OC)cc4OC)cc3[C@H]3[C@H](CCCCO)[C@@H](CCCCO)C=C(C(=NOC)C[C@@H]1N(Cc1ccc4c(c1)OCO4)C(=O)OCCCl)[C@H]32. The minimum atomic E-state index is -1.57. The van der Waals surface area contributed by atoms with Gasteiger partial charge < -0.3 is 52.9 Å². The van der Waals surface area contributed by atoms with Gasteiger partial charge >= 0.3 is 12.2 Å². The van der Waals surface area contributed by atoms with Crippen LogP contribution < -0.4 is 33.7 Å². The molecule has 0 bridgehead atoms. The number of ether oxygens (including phenoxy) is 8. The molecule has 0 spiro atoms. The van der Waals surface area contributed by atoms with Gasteiger partial charge in [0.15, 0.2) is 11.5 Å². The molecule has 0 unspecified atom stereocenters. The number of methoxy groups -OCH3 is 2. The molecule has 2 amide bonds. The lowest BCUT2D eigenvalue weighted by Crippen LogP contribution is -2.70. The van der Waals surface area contributed by atoms with Gasteiger partial charge in [0.1, 0.15) is 42.8 Å². The summed E-state index contributed by atoms with van der Waals surface area (Å²) >= 11 is 6.08. The van der Waals surface area contributed by atoms with Crippen LogP contribution in [0.15, 0.2) is 84.1 Å². The first-order chi connectivity index (χ1) is 31.7. The normalized spacial score (nSPS) is 23.0. The van der Waals surface area contributed by atoms with E-state index in [1.165, 1.54) is 21.3 Å². The number of rotatable bonds is 21. The highest BCUT2D eigenvalue weighted by Crippen LogP contribution is 2.62. The Balaban J connectivity index is 1.38. The standard InChI is InChI=1S/C48H58ClN3O13/c1-5-21-63-48-43(52(47(56)60-22-18-49)28-30-12-16-40-42(23-30)62-29-61-40)27-38(51-59-4)35-24-31(10-6-8-19-53)34(11-7-9-20-54)44(45(35)48)36-25-33(14-17-39(36)65-48)64-46(55)50-37-15-13-32(57-2)26-41(37)58-3/h5,12-17,23-26,31,34,43-45,53-54H,1,6-11,18-22,27-29H2,2-4H3,(H,50,55)/t31-,34+,43-,44+,45+,48+/m0/s1. The number of aliphatic hydroxyl groups excluding tert-OH is 2. The molecule has 3 aromatic rings. The maximum atomic E-state index is 14.5. The first kappa shape index (κ1) is 47.3. The highest BCUT2D eigenvalue weighted by Gasteiger charge is 2.65. The summed E-state index contributed by atoms with van der Waals surface area (Å²) < 4.78 is 48.2. The fourth-order valence-electron chi connectivity index (χ4n) is 9.71. The Hall–Kier alpha value is -5.68. The molecule has 16 nitrogen and oxygen atoms in total. The van der Waals surface area contributed by atoms with Crippen molar-refractivity contribution in [3.63, 3.8) is 0 Å². The number of nitrogens with zero attached hydrogens (tertiary/aromatic N) is 2. The van der Waals surface area contributed by atoms with Crippen molar-refractivity contribution in [2.45, 2.75) is 69.2 Å². The number of halogens is 1. The van der Waals surface area contributed by atoms with Gasteiger partial charge in [0, 0.05) is 43.7 Å². The molecule has 0 aromatic heterocycles. The van der Waals surface area contributed by atoms with Crippen molar-refractivity contribution >= 4 is 35.2 Å². The van der Waals surface area contributed by atoms with Crippen LogP contribution in [0.2, 0.25) is 0 Å². The summed E-state index contributed by atoms with van der Waals surface area (Å²) in [5, 5.41) is 27.3. The summed E-state index contributed by atoms with van der Waals surface area (Å²) in [5.74, 6) is 0.206. The average Bonchev–Trinajstić information content (AvgIpc) is 3.79. The molecule has 17 heteroatoms. The van der Waals surface area contributed by atoms with E-state index in [0.717, 1.165) is 29.5 Å². The first-order valence-electron chi connectivity index (χ1n) is 21.9. The molecule has 65 heavy (non-hydrogen) atoms. The molecule has 6 atom stereocenters. The monoisotopic (exact) mass is 919 g/mol. The number of carbonyl (C=O) groups is 2. The van der Waals surface area contributed by atoms with Crippen molar-refractivity contribution in [2.24, 2.45) is 22.9 Å². The smallest absolute Gasteiger partial charge is 0.417 e. The summed E-state index contributed by atoms with van der Waals surface area (Å²) in [6.45, 7) is 4.23. The summed E-state index contributed by atoms with van der Waals surface area (Å²) in [7, 11) is 4.52. The fraction of sp³-hybridized carbons (Fsp3) is 0.479. The van der Waals surface area contributed by atoms with Crippen LogP contribution in [-0.2, 0) is 20.9 Å². The lowest BCUT2D eigenvalue weighted by Gasteiger charge is -2.59. The zero-order chi connectivity index (χ0) is 45.9. The van der Waals surface area contributed by atoms with Gasteiger partial charge in [-0.1, -0.05) is 36.2 Å². The number of oxime groups is 1. The number of anilines is 1. The molecule has 350 valence electrons. The third kappa shape index (κ3) is 10.3. The number of amides is 2. The Morgan fingerprint density at radius 3 is 2.46 bits per heavy atom. The maximum absolute atomic E-state index is 14.5. The van der Waals surface area contributed by atoms with Gasteiger partial charge in [0.05, 0.1) is 44.0 Å². The zero-order valence-corrected chi connectivity index (χ0v) is 37.8. The van der Waals surface area contributed by atoms with Crippen molar-refractivity contribution in [1.29, 1.82) is 0 Å². The van der Waals surface area contributed by atoms with Gasteiger partial charge in [-0.25, -0.2) is 9.59 Å². The van der Waals surface area contributed by atoms with Crippen LogP contribution in [0.5, 0.6) is 34.5 Å². The minimum Gasteiger partial charge on any atom is -0.497 e. The van der Waals surface area contributed by atoms with Crippen molar-refractivity contribution in [3.05, 3.63) is 90.0 Å². The van der Waals surface area contributed by atoms with E-state index in [1.807, 2.05) is 18.2 Å². The van der Waals surface area contributed by atoms with E-state index in [-0.39, 0.29) is 75.6 Å². The number of carbonyl (C=O) groups excluding carboxylic acids is 2. The van der Waals surface area contributed by atoms with Crippen LogP contribution >= 0.6 is 11.6 Å². The molecular weight excluding hydrogens is 862 g/mol. The van der Waals surface area contributed by atoms with Crippen molar-refractivity contribution in [3.8, 4) is 34.5 Å². The second-order valence-corrected chi connectivity index (χ2v) is 16.5. The second-order valence-electron chi connectivity index (χ2n) is 16.2. The lowest BCUT2D eigenvalue weighted by atomic mass is 9.55. The molecule has 4 aliphatic rings. The quantitative estimate of drug-likeness (QED) is 0.0403. The molecule has 2 heterocycles. The molecule has 1 saturated carbocycles. The van der Waals surface area contributed by atoms with Crippen LogP contribution in [0, 0.1) is 17.8 Å².